The van der Waals surface area contributed by atoms with E-state index in [0.717, 1.165) is 63.8 Å². The van der Waals surface area contributed by atoms with Crippen LogP contribution in [0.3, 0.4) is 0 Å². The van der Waals surface area contributed by atoms with Crippen molar-refractivity contribution in [2.45, 2.75) is 32.6 Å². The minimum absolute atomic E-state index is 0.109. The number of fused-ring (bicyclic) bond motifs is 2. The number of carbonyl (C=O) groups is 2. The van der Waals surface area contributed by atoms with Crippen molar-refractivity contribution >= 4 is 58.0 Å². The number of ketones is 2. The molecule has 0 aromatic heterocycles. The van der Waals surface area contributed by atoms with Gasteiger partial charge in [-0.3, -0.25) is 9.59 Å². The molecule has 0 bridgehead atoms. The first-order valence-electron chi connectivity index (χ1n) is 12.5. The van der Waals surface area contributed by atoms with Crippen LogP contribution in [0.25, 0.3) is 22.3 Å². The molecule has 0 aliphatic heterocycles. The molecule has 0 spiro atoms. The molecular weight excluding hydrogens is 558 g/mol. The summed E-state index contributed by atoms with van der Waals surface area (Å²) in [6.45, 7) is 2.06. The van der Waals surface area contributed by atoms with Gasteiger partial charge in [0.1, 0.15) is 0 Å². The highest BCUT2D eigenvalue weighted by atomic mass is 35.5. The lowest BCUT2D eigenvalue weighted by Crippen LogP contribution is -2.07. The molecule has 0 N–H and O–H groups in total. The molecule has 2 aliphatic carbocycles. The molecule has 4 aromatic rings. The van der Waals surface area contributed by atoms with Crippen LogP contribution in [0.1, 0.15) is 51.6 Å². The summed E-state index contributed by atoms with van der Waals surface area (Å²) in [7, 11) is 0. The van der Waals surface area contributed by atoms with Crippen LogP contribution in [0.15, 0.2) is 72.8 Å². The summed E-state index contributed by atoms with van der Waals surface area (Å²) in [4.78, 5) is 24.5. The van der Waals surface area contributed by atoms with E-state index >= 15 is 0 Å². The molecule has 4 aromatic carbocycles. The first-order valence-corrected chi connectivity index (χ1v) is 14.0. The minimum Gasteiger partial charge on any atom is -0.294 e. The van der Waals surface area contributed by atoms with Crippen LogP contribution in [-0.4, -0.2) is 11.6 Å². The topological polar surface area (TPSA) is 34.1 Å². The second-order valence-electron chi connectivity index (χ2n) is 9.52. The van der Waals surface area contributed by atoms with Crippen LogP contribution in [0.4, 0.5) is 0 Å². The lowest BCUT2D eigenvalue weighted by atomic mass is 9.95. The van der Waals surface area contributed by atoms with E-state index in [9.17, 15) is 9.59 Å². The van der Waals surface area contributed by atoms with E-state index in [-0.39, 0.29) is 17.5 Å². The molecule has 1 atom stereocenters. The van der Waals surface area contributed by atoms with Gasteiger partial charge in [0.25, 0.3) is 0 Å². The molecule has 0 saturated carbocycles. The Labute approximate surface area is 242 Å². The first kappa shape index (κ1) is 27.0. The van der Waals surface area contributed by atoms with Crippen molar-refractivity contribution in [3.8, 4) is 22.3 Å². The number of hydrogen-bond acceptors (Lipinski definition) is 2. The van der Waals surface area contributed by atoms with E-state index in [2.05, 4.69) is 6.92 Å². The average Bonchev–Trinajstić information content (AvgIpc) is 3.44. The van der Waals surface area contributed by atoms with Gasteiger partial charge in [-0.15, -0.1) is 0 Å². The molecule has 192 valence electrons. The highest BCUT2D eigenvalue weighted by Gasteiger charge is 2.31. The molecule has 2 aliphatic rings. The third-order valence-electron chi connectivity index (χ3n) is 7.22. The van der Waals surface area contributed by atoms with Crippen molar-refractivity contribution < 1.29 is 9.59 Å². The van der Waals surface area contributed by atoms with Crippen molar-refractivity contribution in [1.82, 2.24) is 0 Å². The third kappa shape index (κ3) is 5.16. The third-order valence-corrected chi connectivity index (χ3v) is 8.32. The van der Waals surface area contributed by atoms with Crippen molar-refractivity contribution in [3.63, 3.8) is 0 Å². The fourth-order valence-electron chi connectivity index (χ4n) is 5.33. The fourth-order valence-corrected chi connectivity index (χ4v) is 6.35. The number of rotatable bonds is 3. The molecule has 0 heterocycles. The zero-order valence-electron chi connectivity index (χ0n) is 20.7. The van der Waals surface area contributed by atoms with E-state index < -0.39 is 0 Å². The number of Topliss-reactive ketones (excluding diaryl/α,β-unsaturated/α-hetero) is 2. The molecule has 0 amide bonds. The average molecular weight is 582 g/mol. The highest BCUT2D eigenvalue weighted by molar-refractivity contribution is 6.37. The summed E-state index contributed by atoms with van der Waals surface area (Å²) in [6.07, 6.45) is 3.13. The number of hydrogen-bond donors (Lipinski definition) is 0. The predicted octanol–water partition coefficient (Wildman–Crippen LogP) is 10.2. The summed E-state index contributed by atoms with van der Waals surface area (Å²) in [6, 6.07) is 22.7. The lowest BCUT2D eigenvalue weighted by Gasteiger charge is -2.10. The number of carbonyl (C=O) groups excluding carboxylic acids is 2. The van der Waals surface area contributed by atoms with Gasteiger partial charge in [0.2, 0.25) is 0 Å². The van der Waals surface area contributed by atoms with Gasteiger partial charge in [0, 0.05) is 54.7 Å². The molecule has 0 saturated heterocycles. The Morgan fingerprint density at radius 3 is 1.76 bits per heavy atom. The van der Waals surface area contributed by atoms with E-state index in [1.807, 2.05) is 48.5 Å². The molecule has 1 unspecified atom stereocenters. The quantitative estimate of drug-likeness (QED) is 0.241. The van der Waals surface area contributed by atoms with Gasteiger partial charge < -0.3 is 0 Å². The standard InChI is InChI=1S/C17H14Cl2O.C15H10Cl2O/c1-2-10-8-11-4-3-5-14(16(11)17(10)20)13-7-6-12(18)9-15(13)19;16-10-5-6-11(13(17)8-10)12-3-1-2-9-4-7-14(18)15(9)12/h3-7,9-10H,2,8H2,1H3;1-3,5-6,8H,4,7H2. The molecule has 6 heteroatoms. The monoisotopic (exact) mass is 580 g/mol. The molecule has 2 nitrogen and oxygen atoms in total. The Kier molecular flexibility index (Phi) is 7.98. The van der Waals surface area contributed by atoms with Gasteiger partial charge in [-0.25, -0.2) is 0 Å². The number of aryl methyl sites for hydroxylation is 1. The van der Waals surface area contributed by atoms with Crippen LogP contribution in [0.5, 0.6) is 0 Å². The van der Waals surface area contributed by atoms with Gasteiger partial charge in [-0.1, -0.05) is 102 Å². The Balaban J connectivity index is 0.000000156. The summed E-state index contributed by atoms with van der Waals surface area (Å²) in [5.41, 5.74) is 7.48. The molecule has 0 radical (unpaired) electrons. The van der Waals surface area contributed by atoms with Crippen LogP contribution >= 0.6 is 46.4 Å². The summed E-state index contributed by atoms with van der Waals surface area (Å²) in [5, 5.41) is 2.36. The van der Waals surface area contributed by atoms with Gasteiger partial charge in [-0.05, 0) is 65.8 Å². The second kappa shape index (κ2) is 11.2. The SMILES string of the molecule is CCC1Cc2cccc(-c3ccc(Cl)cc3Cl)c2C1=O.O=C1CCc2cccc(-c3ccc(Cl)cc3Cl)c21. The molecule has 38 heavy (non-hydrogen) atoms. The number of benzene rings is 4. The number of halogens is 4. The van der Waals surface area contributed by atoms with Gasteiger partial charge in [0.05, 0.1) is 0 Å². The maximum atomic E-state index is 12.5. The van der Waals surface area contributed by atoms with Crippen LogP contribution < -0.4 is 0 Å². The molecule has 6 rings (SSSR count). The molecule has 0 fully saturated rings. The van der Waals surface area contributed by atoms with Gasteiger partial charge in [0.15, 0.2) is 11.6 Å². The zero-order valence-corrected chi connectivity index (χ0v) is 23.7. The van der Waals surface area contributed by atoms with Crippen molar-refractivity contribution in [2.75, 3.05) is 0 Å². The lowest BCUT2D eigenvalue weighted by molar-refractivity contribution is 0.0933. The maximum absolute atomic E-state index is 12.5. The van der Waals surface area contributed by atoms with E-state index in [4.69, 9.17) is 46.4 Å². The summed E-state index contributed by atoms with van der Waals surface area (Å²) < 4.78 is 0. The maximum Gasteiger partial charge on any atom is 0.167 e. The van der Waals surface area contributed by atoms with Crippen LogP contribution in [0, 0.1) is 5.92 Å². The fraction of sp³-hybridized carbons (Fsp3) is 0.188. The van der Waals surface area contributed by atoms with E-state index in [1.54, 1.807) is 24.3 Å². The minimum atomic E-state index is 0.109. The smallest absolute Gasteiger partial charge is 0.167 e. The van der Waals surface area contributed by atoms with E-state index in [1.165, 1.54) is 0 Å². The first-order chi connectivity index (χ1) is 18.3. The van der Waals surface area contributed by atoms with Crippen molar-refractivity contribution in [2.24, 2.45) is 5.92 Å². The largest absolute Gasteiger partial charge is 0.294 e. The van der Waals surface area contributed by atoms with E-state index in [0.29, 0.717) is 26.5 Å². The van der Waals surface area contributed by atoms with Crippen LogP contribution in [-0.2, 0) is 12.8 Å². The summed E-state index contributed by atoms with van der Waals surface area (Å²) in [5.74, 6) is 0.549. The van der Waals surface area contributed by atoms with Crippen LogP contribution in [0.2, 0.25) is 20.1 Å². The van der Waals surface area contributed by atoms with Crippen molar-refractivity contribution in [1.29, 1.82) is 0 Å². The van der Waals surface area contributed by atoms with Gasteiger partial charge >= 0.3 is 0 Å². The Hall–Kier alpha value is -2.62. The second-order valence-corrected chi connectivity index (χ2v) is 11.2. The normalized spacial score (nSPS) is 15.7. The Morgan fingerprint density at radius 2 is 1.21 bits per heavy atom. The Morgan fingerprint density at radius 1 is 0.658 bits per heavy atom. The molecular formula is C32H24Cl4O2. The zero-order chi connectivity index (χ0) is 27.0. The summed E-state index contributed by atoms with van der Waals surface area (Å²) >= 11 is 24.3. The van der Waals surface area contributed by atoms with Crippen molar-refractivity contribution in [3.05, 3.63) is 115 Å². The highest BCUT2D eigenvalue weighted by Crippen LogP contribution is 2.39. The van der Waals surface area contributed by atoms with Gasteiger partial charge in [-0.2, -0.15) is 0 Å². The Bertz CT molecular complexity index is 1570. The predicted molar refractivity (Wildman–Crippen MR) is 158 cm³/mol.